The number of rotatable bonds is 3. The van der Waals surface area contributed by atoms with Crippen molar-refractivity contribution in [1.29, 1.82) is 0 Å². The molecule has 0 aromatic carbocycles. The van der Waals surface area contributed by atoms with E-state index < -0.39 is 10.0 Å². The maximum atomic E-state index is 11.4. The van der Waals surface area contributed by atoms with Gasteiger partial charge in [-0.1, -0.05) is 0 Å². The van der Waals surface area contributed by atoms with E-state index in [0.29, 0.717) is 38.5 Å². The summed E-state index contributed by atoms with van der Waals surface area (Å²) in [5.74, 6) is 0.309. The molecule has 0 radical (unpaired) electrons. The Morgan fingerprint density at radius 1 is 1.27 bits per heavy atom. The number of hydrogen-bond acceptors (Lipinski definition) is 3. The quantitative estimate of drug-likeness (QED) is 0.651. The van der Waals surface area contributed by atoms with Gasteiger partial charge in [0.25, 0.3) is 0 Å². The molecule has 1 rings (SSSR count). The van der Waals surface area contributed by atoms with Gasteiger partial charge in [-0.05, 0) is 0 Å². The van der Waals surface area contributed by atoms with Gasteiger partial charge in [0.1, 0.15) is 0 Å². The summed E-state index contributed by atoms with van der Waals surface area (Å²) in [6.45, 7) is 1.69. The molecule has 0 N–H and O–H groups in total. The average molecular weight is 255 g/mol. The third-order valence-corrected chi connectivity index (χ3v) is 3.86. The fourth-order valence-electron chi connectivity index (χ4n) is 1.51. The van der Waals surface area contributed by atoms with Crippen LogP contribution >= 0.6 is 11.6 Å². The van der Waals surface area contributed by atoms with E-state index in [2.05, 4.69) is 0 Å². The number of sulfonamides is 1. The van der Waals surface area contributed by atoms with Crippen molar-refractivity contribution in [1.82, 2.24) is 9.21 Å². The lowest BCUT2D eigenvalue weighted by Crippen LogP contribution is -2.50. The van der Waals surface area contributed by atoms with Crippen molar-refractivity contribution in [2.45, 2.75) is 6.42 Å². The molecule has 88 valence electrons. The smallest absolute Gasteiger partial charge is 0.223 e. The Morgan fingerprint density at radius 3 is 2.20 bits per heavy atom. The Balaban J connectivity index is 2.46. The standard InChI is InChI=1S/C8H15ClN2O3S/c1-15(13,14)11-6-4-10(5-7-11)8(12)2-3-9/h2-7H2,1H3. The molecule has 1 heterocycles. The van der Waals surface area contributed by atoms with Gasteiger partial charge < -0.3 is 4.90 Å². The van der Waals surface area contributed by atoms with Crippen molar-refractivity contribution in [2.24, 2.45) is 0 Å². The zero-order valence-electron chi connectivity index (χ0n) is 8.65. The van der Waals surface area contributed by atoms with Crippen molar-refractivity contribution >= 4 is 27.5 Å². The molecule has 1 amide bonds. The summed E-state index contributed by atoms with van der Waals surface area (Å²) in [5.41, 5.74) is 0. The van der Waals surface area contributed by atoms with Crippen LogP contribution in [0.2, 0.25) is 0 Å². The molecule has 1 fully saturated rings. The molecule has 0 aromatic heterocycles. The Kier molecular flexibility index (Phi) is 4.36. The first-order valence-corrected chi connectivity index (χ1v) is 7.12. The topological polar surface area (TPSA) is 57.7 Å². The van der Waals surface area contributed by atoms with Gasteiger partial charge in [0.2, 0.25) is 15.9 Å². The molecular formula is C8H15ClN2O3S. The van der Waals surface area contributed by atoms with Gasteiger partial charge in [0, 0.05) is 38.5 Å². The van der Waals surface area contributed by atoms with Gasteiger partial charge in [0.05, 0.1) is 6.26 Å². The highest BCUT2D eigenvalue weighted by molar-refractivity contribution is 7.88. The molecule has 0 unspecified atom stereocenters. The van der Waals surface area contributed by atoms with Crippen LogP contribution in [0.15, 0.2) is 0 Å². The second-order valence-electron chi connectivity index (χ2n) is 3.48. The SMILES string of the molecule is CS(=O)(=O)N1CCN(C(=O)CCCl)CC1. The average Bonchev–Trinajstić information content (AvgIpc) is 2.17. The number of nitrogens with zero attached hydrogens (tertiary/aromatic N) is 2. The van der Waals surface area contributed by atoms with E-state index in [9.17, 15) is 13.2 Å². The molecule has 1 saturated heterocycles. The molecule has 7 heteroatoms. The summed E-state index contributed by atoms with van der Waals surface area (Å²) in [6, 6.07) is 0. The number of carbonyl (C=O) groups is 1. The third kappa shape index (κ3) is 3.62. The highest BCUT2D eigenvalue weighted by Crippen LogP contribution is 2.07. The summed E-state index contributed by atoms with van der Waals surface area (Å²) in [7, 11) is -3.12. The maximum absolute atomic E-state index is 11.4. The fraction of sp³-hybridized carbons (Fsp3) is 0.875. The van der Waals surface area contributed by atoms with E-state index in [0.717, 1.165) is 0 Å². The van der Waals surface area contributed by atoms with Gasteiger partial charge in [-0.3, -0.25) is 4.79 Å². The van der Waals surface area contributed by atoms with Gasteiger partial charge in [-0.25, -0.2) is 8.42 Å². The minimum Gasteiger partial charge on any atom is -0.340 e. The number of piperazine rings is 1. The van der Waals surface area contributed by atoms with E-state index >= 15 is 0 Å². The molecule has 15 heavy (non-hydrogen) atoms. The molecule has 5 nitrogen and oxygen atoms in total. The number of halogens is 1. The molecule has 0 aromatic rings. The van der Waals surface area contributed by atoms with Crippen molar-refractivity contribution in [3.63, 3.8) is 0 Å². The predicted octanol–water partition coefficient (Wildman–Crippen LogP) is -0.281. The highest BCUT2D eigenvalue weighted by Gasteiger charge is 2.25. The molecule has 0 saturated carbocycles. The normalized spacial score (nSPS) is 19.2. The lowest BCUT2D eigenvalue weighted by Gasteiger charge is -2.33. The summed E-state index contributed by atoms with van der Waals surface area (Å²) >= 11 is 5.46. The van der Waals surface area contributed by atoms with Crippen LogP contribution in [0.3, 0.4) is 0 Å². The van der Waals surface area contributed by atoms with Crippen LogP contribution in [0, 0.1) is 0 Å². The minimum absolute atomic E-state index is 0.00171. The molecule has 1 aliphatic rings. The molecule has 0 aliphatic carbocycles. The van der Waals surface area contributed by atoms with E-state index in [-0.39, 0.29) is 5.91 Å². The van der Waals surface area contributed by atoms with E-state index in [1.165, 1.54) is 10.6 Å². The fourth-order valence-corrected chi connectivity index (χ4v) is 2.50. The van der Waals surface area contributed by atoms with Crippen LogP contribution in [0.1, 0.15) is 6.42 Å². The van der Waals surface area contributed by atoms with Crippen molar-refractivity contribution in [3.05, 3.63) is 0 Å². The van der Waals surface area contributed by atoms with Crippen molar-refractivity contribution in [2.75, 3.05) is 38.3 Å². The van der Waals surface area contributed by atoms with E-state index in [1.54, 1.807) is 4.90 Å². The largest absolute Gasteiger partial charge is 0.340 e. The monoisotopic (exact) mass is 254 g/mol. The Labute approximate surface area is 95.0 Å². The summed E-state index contributed by atoms with van der Waals surface area (Å²) in [4.78, 5) is 13.1. The second-order valence-corrected chi connectivity index (χ2v) is 5.84. The highest BCUT2D eigenvalue weighted by atomic mass is 35.5. The van der Waals surface area contributed by atoms with Gasteiger partial charge in [-0.2, -0.15) is 4.31 Å². The first kappa shape index (κ1) is 12.7. The van der Waals surface area contributed by atoms with Gasteiger partial charge in [-0.15, -0.1) is 11.6 Å². The zero-order valence-corrected chi connectivity index (χ0v) is 10.2. The van der Waals surface area contributed by atoms with E-state index in [1.807, 2.05) is 0 Å². The van der Waals surface area contributed by atoms with Crippen LogP contribution in [0.5, 0.6) is 0 Å². The predicted molar refractivity (Wildman–Crippen MR) is 58.3 cm³/mol. The maximum Gasteiger partial charge on any atom is 0.223 e. The lowest BCUT2D eigenvalue weighted by atomic mass is 10.3. The Morgan fingerprint density at radius 2 is 1.80 bits per heavy atom. The summed E-state index contributed by atoms with van der Waals surface area (Å²) in [5, 5.41) is 0. The van der Waals surface area contributed by atoms with Gasteiger partial charge >= 0.3 is 0 Å². The van der Waals surface area contributed by atoms with E-state index in [4.69, 9.17) is 11.6 Å². The molecule has 0 spiro atoms. The first-order chi connectivity index (χ1) is 6.95. The second kappa shape index (κ2) is 5.14. The number of alkyl halides is 1. The number of hydrogen-bond donors (Lipinski definition) is 0. The van der Waals surface area contributed by atoms with Crippen LogP contribution in [0.4, 0.5) is 0 Å². The van der Waals surface area contributed by atoms with Crippen LogP contribution in [-0.2, 0) is 14.8 Å². The Hall–Kier alpha value is -0.330. The van der Waals surface area contributed by atoms with Crippen LogP contribution in [-0.4, -0.2) is 61.8 Å². The van der Waals surface area contributed by atoms with Crippen LogP contribution < -0.4 is 0 Å². The number of amides is 1. The molecule has 0 bridgehead atoms. The lowest BCUT2D eigenvalue weighted by molar-refractivity contribution is -0.131. The van der Waals surface area contributed by atoms with Gasteiger partial charge in [0.15, 0.2) is 0 Å². The molecular weight excluding hydrogens is 240 g/mol. The minimum atomic E-state index is -3.12. The van der Waals surface area contributed by atoms with Crippen molar-refractivity contribution < 1.29 is 13.2 Å². The van der Waals surface area contributed by atoms with Crippen LogP contribution in [0.25, 0.3) is 0 Å². The molecule has 1 aliphatic heterocycles. The zero-order chi connectivity index (χ0) is 11.5. The summed E-state index contributed by atoms with van der Waals surface area (Å²) in [6.07, 6.45) is 1.50. The third-order valence-electron chi connectivity index (χ3n) is 2.37. The van der Waals surface area contributed by atoms with Crippen molar-refractivity contribution in [3.8, 4) is 0 Å². The molecule has 0 atom stereocenters. The Bertz CT molecular complexity index is 323. The summed E-state index contributed by atoms with van der Waals surface area (Å²) < 4.78 is 23.8. The number of carbonyl (C=O) groups excluding carboxylic acids is 1. The first-order valence-electron chi connectivity index (χ1n) is 4.74.